The van der Waals surface area contributed by atoms with Crippen LogP contribution in [0.4, 0.5) is 8.78 Å². The van der Waals surface area contributed by atoms with Gasteiger partial charge >= 0.3 is 0 Å². The lowest BCUT2D eigenvalue weighted by atomic mass is 9.97. The molecule has 44 heavy (non-hydrogen) atoms. The summed E-state index contributed by atoms with van der Waals surface area (Å²) in [6.45, 7) is 8.99. The van der Waals surface area contributed by atoms with Crippen LogP contribution in [0.5, 0.6) is 0 Å². The first-order valence-electron chi connectivity index (χ1n) is 15.0. The van der Waals surface area contributed by atoms with Gasteiger partial charge in [-0.3, -0.25) is 9.59 Å². The van der Waals surface area contributed by atoms with Crippen LogP contribution in [-0.4, -0.2) is 69.0 Å². The van der Waals surface area contributed by atoms with Gasteiger partial charge in [0.25, 0.3) is 11.5 Å². The quantitative estimate of drug-likeness (QED) is 0.187. The summed E-state index contributed by atoms with van der Waals surface area (Å²) in [6, 6.07) is 10.2. The summed E-state index contributed by atoms with van der Waals surface area (Å²) in [4.78, 5) is 38.1. The van der Waals surface area contributed by atoms with Crippen molar-refractivity contribution in [3.63, 3.8) is 0 Å². The molecule has 1 aromatic carbocycles. The minimum atomic E-state index is -1.33. The average Bonchev–Trinajstić information content (AvgIpc) is 3.73. The Labute approximate surface area is 255 Å². The standard InChI is InChI=1S/C32H37F2N5O4Si/c1-19(40)28-14-27-30(39(28)18-43-9-10-44(2,3)4)32(42)38(17-35-27)29-12-21(11-26(36-29)20-5-6-20)24-8-7-22(33)13-25(24)31(41)37-15-23(34)16-37/h7-8,11-14,17,19-20,23,40H,5-6,9-10,15-16,18H2,1-4H3. The molecule has 3 aromatic heterocycles. The van der Waals surface area contributed by atoms with Gasteiger partial charge in [-0.25, -0.2) is 23.3 Å². The number of pyridine rings is 1. The molecule has 2 fully saturated rings. The van der Waals surface area contributed by atoms with Crippen LogP contribution in [0.25, 0.3) is 28.0 Å². The number of nitrogens with zero attached hydrogens (tertiary/aromatic N) is 5. The number of halogens is 2. The summed E-state index contributed by atoms with van der Waals surface area (Å²) in [7, 11) is -1.33. The molecule has 1 amide bonds. The zero-order valence-corrected chi connectivity index (χ0v) is 26.4. The SMILES string of the molecule is CC(O)c1cc2ncn(-c3cc(-c4ccc(F)cc4C(=O)N4CC(F)C4)cc(C4CC4)n3)c(=O)c2n1COCC[Si](C)(C)C. The van der Waals surface area contributed by atoms with Gasteiger partial charge in [0, 0.05) is 26.3 Å². The third-order valence-electron chi connectivity index (χ3n) is 8.21. The van der Waals surface area contributed by atoms with Crippen LogP contribution in [-0.2, 0) is 11.5 Å². The number of benzene rings is 1. The number of hydrogen-bond donors (Lipinski definition) is 1. The number of aromatic nitrogens is 4. The normalized spacial score (nSPS) is 16.4. The molecule has 1 unspecified atom stereocenters. The highest BCUT2D eigenvalue weighted by Gasteiger charge is 2.33. The predicted octanol–water partition coefficient (Wildman–Crippen LogP) is 5.43. The number of aliphatic hydroxyl groups is 1. The number of fused-ring (bicyclic) bond motifs is 1. The van der Waals surface area contributed by atoms with Crippen molar-refractivity contribution in [2.45, 2.75) is 70.4 Å². The maximum atomic E-state index is 14.4. The number of ether oxygens (including phenoxy) is 1. The van der Waals surface area contributed by atoms with E-state index in [9.17, 15) is 23.5 Å². The fourth-order valence-corrected chi connectivity index (χ4v) is 6.21. The van der Waals surface area contributed by atoms with Crippen molar-refractivity contribution in [3.8, 4) is 16.9 Å². The van der Waals surface area contributed by atoms with E-state index in [0.29, 0.717) is 34.8 Å². The largest absolute Gasteiger partial charge is 0.387 e. The van der Waals surface area contributed by atoms with E-state index in [0.717, 1.165) is 24.6 Å². The number of hydrogen-bond acceptors (Lipinski definition) is 6. The molecule has 0 spiro atoms. The van der Waals surface area contributed by atoms with Gasteiger partial charge in [-0.2, -0.15) is 0 Å². The minimum absolute atomic E-state index is 0.0271. The molecule has 4 heterocycles. The highest BCUT2D eigenvalue weighted by molar-refractivity contribution is 6.76. The van der Waals surface area contributed by atoms with Crippen molar-refractivity contribution >= 4 is 25.0 Å². The second kappa shape index (κ2) is 11.6. The van der Waals surface area contributed by atoms with Crippen LogP contribution >= 0.6 is 0 Å². The van der Waals surface area contributed by atoms with Gasteiger partial charge in [0.1, 0.15) is 36.4 Å². The summed E-state index contributed by atoms with van der Waals surface area (Å²) in [6.07, 6.45) is 1.36. The molecule has 1 atom stereocenters. The molecule has 0 bridgehead atoms. The average molecular weight is 622 g/mol. The minimum Gasteiger partial charge on any atom is -0.387 e. The number of carbonyl (C=O) groups is 1. The van der Waals surface area contributed by atoms with E-state index >= 15 is 0 Å². The number of amides is 1. The van der Waals surface area contributed by atoms with Crippen LogP contribution < -0.4 is 5.56 Å². The smallest absolute Gasteiger partial charge is 0.283 e. The van der Waals surface area contributed by atoms with Crippen LogP contribution in [0.2, 0.25) is 25.7 Å². The van der Waals surface area contributed by atoms with Crippen molar-refractivity contribution in [1.29, 1.82) is 0 Å². The Kier molecular flexibility index (Phi) is 8.01. The molecular weight excluding hydrogens is 584 g/mol. The lowest BCUT2D eigenvalue weighted by molar-refractivity contribution is 0.0400. The molecule has 1 N–H and O–H groups in total. The van der Waals surface area contributed by atoms with Crippen molar-refractivity contribution in [1.82, 2.24) is 24.0 Å². The zero-order valence-electron chi connectivity index (χ0n) is 25.4. The topological polar surface area (TPSA) is 102 Å². The maximum absolute atomic E-state index is 14.4. The Balaban J connectivity index is 1.44. The van der Waals surface area contributed by atoms with E-state index in [-0.39, 0.29) is 42.4 Å². The Morgan fingerprint density at radius 1 is 1.16 bits per heavy atom. The summed E-state index contributed by atoms with van der Waals surface area (Å²) >= 11 is 0. The number of alkyl halides is 1. The summed E-state index contributed by atoms with van der Waals surface area (Å²) in [5.74, 6) is -0.504. The van der Waals surface area contributed by atoms with Crippen LogP contribution in [0.3, 0.4) is 0 Å². The molecule has 1 saturated carbocycles. The molecule has 6 rings (SSSR count). The fourth-order valence-electron chi connectivity index (χ4n) is 5.46. The molecule has 0 radical (unpaired) electrons. The van der Waals surface area contributed by atoms with Gasteiger partial charge in [-0.05, 0) is 67.3 Å². The third-order valence-corrected chi connectivity index (χ3v) is 9.91. The molecule has 9 nitrogen and oxygen atoms in total. The first-order valence-corrected chi connectivity index (χ1v) is 18.7. The first kappa shape index (κ1) is 30.3. The molecule has 1 saturated heterocycles. The highest BCUT2D eigenvalue weighted by Crippen LogP contribution is 2.41. The predicted molar refractivity (Wildman–Crippen MR) is 166 cm³/mol. The lowest BCUT2D eigenvalue weighted by Crippen LogP contribution is -2.51. The van der Waals surface area contributed by atoms with E-state index in [1.807, 2.05) is 6.07 Å². The van der Waals surface area contributed by atoms with E-state index in [1.54, 1.807) is 23.6 Å². The van der Waals surface area contributed by atoms with Crippen LogP contribution in [0.1, 0.15) is 53.5 Å². The summed E-state index contributed by atoms with van der Waals surface area (Å²) in [5, 5.41) is 10.5. The molecule has 1 aliphatic carbocycles. The van der Waals surface area contributed by atoms with Gasteiger partial charge in [0.05, 0.1) is 36.0 Å². The molecular formula is C32H37F2N5O4Si. The number of likely N-dealkylation sites (tertiary alicyclic amines) is 1. The fraction of sp³-hybridized carbons (Fsp3) is 0.438. The molecule has 1 aliphatic heterocycles. The summed E-state index contributed by atoms with van der Waals surface area (Å²) < 4.78 is 36.9. The third kappa shape index (κ3) is 6.11. The van der Waals surface area contributed by atoms with Crippen molar-refractivity contribution in [3.05, 3.63) is 75.8 Å². The second-order valence-corrected chi connectivity index (χ2v) is 18.7. The number of rotatable bonds is 10. The highest BCUT2D eigenvalue weighted by atomic mass is 28.3. The van der Waals surface area contributed by atoms with Crippen molar-refractivity contribution in [2.75, 3.05) is 19.7 Å². The molecule has 232 valence electrons. The lowest BCUT2D eigenvalue weighted by Gasteiger charge is -2.34. The number of carbonyl (C=O) groups excluding carboxylic acids is 1. The van der Waals surface area contributed by atoms with E-state index in [1.165, 1.54) is 34.0 Å². The van der Waals surface area contributed by atoms with Crippen LogP contribution in [0, 0.1) is 5.82 Å². The second-order valence-electron chi connectivity index (χ2n) is 13.1. The van der Waals surface area contributed by atoms with Gasteiger partial charge in [-0.15, -0.1) is 0 Å². The van der Waals surface area contributed by atoms with E-state index < -0.39 is 32.1 Å². The van der Waals surface area contributed by atoms with E-state index in [4.69, 9.17) is 9.72 Å². The van der Waals surface area contributed by atoms with Gasteiger partial charge in [0.2, 0.25) is 0 Å². The number of aliphatic hydroxyl groups excluding tert-OH is 1. The molecule has 2 aliphatic rings. The Morgan fingerprint density at radius 2 is 1.91 bits per heavy atom. The Bertz CT molecular complexity index is 1790. The van der Waals surface area contributed by atoms with E-state index in [2.05, 4.69) is 24.6 Å². The van der Waals surface area contributed by atoms with Crippen molar-refractivity contribution < 1.29 is 23.4 Å². The first-order chi connectivity index (χ1) is 20.9. The summed E-state index contributed by atoms with van der Waals surface area (Å²) in [5.41, 5.74) is 2.81. The maximum Gasteiger partial charge on any atom is 0.283 e. The van der Waals surface area contributed by atoms with Gasteiger partial charge in [-0.1, -0.05) is 25.7 Å². The monoisotopic (exact) mass is 621 g/mol. The van der Waals surface area contributed by atoms with Gasteiger partial charge in [0.15, 0.2) is 0 Å². The Morgan fingerprint density at radius 3 is 2.57 bits per heavy atom. The zero-order chi connectivity index (χ0) is 31.3. The molecule has 4 aromatic rings. The van der Waals surface area contributed by atoms with Crippen molar-refractivity contribution in [2.24, 2.45) is 0 Å². The van der Waals surface area contributed by atoms with Crippen LogP contribution in [0.15, 0.2) is 47.5 Å². The van der Waals surface area contributed by atoms with Gasteiger partial charge < -0.3 is 19.3 Å². The Hall–Kier alpha value is -3.74. The molecule has 12 heteroatoms.